The number of benzene rings is 1. The number of esters is 1. The van der Waals surface area contributed by atoms with E-state index in [1.54, 1.807) is 6.07 Å². The molecule has 0 saturated carbocycles. The van der Waals surface area contributed by atoms with E-state index in [-0.39, 0.29) is 11.1 Å². The SMILES string of the molecule is COC(=O)c1cc(C#N)cc(F)c1O. The molecule has 5 heteroatoms. The van der Waals surface area contributed by atoms with Crippen LogP contribution in [0.15, 0.2) is 12.1 Å². The Morgan fingerprint density at radius 1 is 1.64 bits per heavy atom. The van der Waals surface area contributed by atoms with Crippen LogP contribution in [-0.4, -0.2) is 18.2 Å². The van der Waals surface area contributed by atoms with Gasteiger partial charge in [-0.2, -0.15) is 5.26 Å². The minimum atomic E-state index is -1.02. The summed E-state index contributed by atoms with van der Waals surface area (Å²) in [6, 6.07) is 3.55. The summed E-state index contributed by atoms with van der Waals surface area (Å²) in [4.78, 5) is 11.0. The van der Waals surface area contributed by atoms with Crippen LogP contribution in [0.1, 0.15) is 15.9 Å². The van der Waals surface area contributed by atoms with Crippen molar-refractivity contribution in [3.8, 4) is 11.8 Å². The summed E-state index contributed by atoms with van der Waals surface area (Å²) in [5.41, 5.74) is -0.412. The van der Waals surface area contributed by atoms with Crippen LogP contribution in [-0.2, 0) is 4.74 Å². The second kappa shape index (κ2) is 3.75. The molecule has 0 aliphatic heterocycles. The van der Waals surface area contributed by atoms with Crippen molar-refractivity contribution in [3.05, 3.63) is 29.1 Å². The average Bonchev–Trinajstić information content (AvgIpc) is 2.20. The van der Waals surface area contributed by atoms with Gasteiger partial charge in [0.25, 0.3) is 0 Å². The standard InChI is InChI=1S/C9H6FNO3/c1-14-9(13)6-2-5(4-11)3-7(10)8(6)12/h2-3,12H,1H3. The van der Waals surface area contributed by atoms with Gasteiger partial charge >= 0.3 is 5.97 Å². The molecular formula is C9H6FNO3. The molecule has 1 aromatic rings. The van der Waals surface area contributed by atoms with Crippen molar-refractivity contribution in [2.75, 3.05) is 7.11 Å². The van der Waals surface area contributed by atoms with Gasteiger partial charge in [0, 0.05) is 0 Å². The summed E-state index contributed by atoms with van der Waals surface area (Å²) in [6.07, 6.45) is 0. The summed E-state index contributed by atoms with van der Waals surface area (Å²) >= 11 is 0. The van der Waals surface area contributed by atoms with Crippen molar-refractivity contribution in [1.82, 2.24) is 0 Å². The number of hydrogen-bond acceptors (Lipinski definition) is 4. The second-order valence-electron chi connectivity index (χ2n) is 2.46. The van der Waals surface area contributed by atoms with Crippen LogP contribution in [0, 0.1) is 17.1 Å². The molecule has 0 bridgehead atoms. The predicted octanol–water partition coefficient (Wildman–Crippen LogP) is 1.19. The summed E-state index contributed by atoms with van der Waals surface area (Å²) in [7, 11) is 1.10. The minimum Gasteiger partial charge on any atom is -0.504 e. The molecular weight excluding hydrogens is 189 g/mol. The van der Waals surface area contributed by atoms with Crippen molar-refractivity contribution in [2.45, 2.75) is 0 Å². The third-order valence-corrected chi connectivity index (χ3v) is 1.60. The molecule has 0 heterocycles. The molecule has 0 spiro atoms. The first-order chi connectivity index (χ1) is 6.60. The molecule has 0 aliphatic rings. The molecule has 72 valence electrons. The first kappa shape index (κ1) is 9.99. The summed E-state index contributed by atoms with van der Waals surface area (Å²) < 4.78 is 17.2. The minimum absolute atomic E-state index is 0.0549. The molecule has 0 amide bonds. The van der Waals surface area contributed by atoms with Gasteiger partial charge in [-0.05, 0) is 12.1 Å². The van der Waals surface area contributed by atoms with Crippen molar-refractivity contribution in [2.24, 2.45) is 0 Å². The van der Waals surface area contributed by atoms with Gasteiger partial charge in [-0.3, -0.25) is 0 Å². The number of ether oxygens (including phenoxy) is 1. The zero-order chi connectivity index (χ0) is 10.7. The Balaban J connectivity index is 3.36. The van der Waals surface area contributed by atoms with E-state index in [1.807, 2.05) is 0 Å². The number of nitriles is 1. The Labute approximate surface area is 79.2 Å². The first-order valence-electron chi connectivity index (χ1n) is 3.61. The van der Waals surface area contributed by atoms with E-state index in [0.29, 0.717) is 0 Å². The van der Waals surface area contributed by atoms with Gasteiger partial charge in [-0.15, -0.1) is 0 Å². The third kappa shape index (κ3) is 1.64. The zero-order valence-corrected chi connectivity index (χ0v) is 7.24. The van der Waals surface area contributed by atoms with E-state index in [2.05, 4.69) is 4.74 Å². The average molecular weight is 195 g/mol. The number of aromatic hydroxyl groups is 1. The van der Waals surface area contributed by atoms with Crippen LogP contribution in [0.3, 0.4) is 0 Å². The lowest BCUT2D eigenvalue weighted by Crippen LogP contribution is -2.03. The zero-order valence-electron chi connectivity index (χ0n) is 7.24. The summed E-state index contributed by atoms with van der Waals surface area (Å²) in [5.74, 6) is -2.72. The maximum atomic E-state index is 12.9. The number of carbonyl (C=O) groups is 1. The molecule has 14 heavy (non-hydrogen) atoms. The molecule has 0 saturated heterocycles. The lowest BCUT2D eigenvalue weighted by molar-refractivity contribution is 0.0596. The summed E-state index contributed by atoms with van der Waals surface area (Å²) in [6.45, 7) is 0. The van der Waals surface area contributed by atoms with E-state index < -0.39 is 17.5 Å². The van der Waals surface area contributed by atoms with E-state index in [4.69, 9.17) is 10.4 Å². The number of phenols is 1. The fourth-order valence-electron chi connectivity index (χ4n) is 0.929. The highest BCUT2D eigenvalue weighted by Gasteiger charge is 2.16. The Bertz CT molecular complexity index is 423. The maximum Gasteiger partial charge on any atom is 0.341 e. The molecule has 0 unspecified atom stereocenters. The highest BCUT2D eigenvalue weighted by molar-refractivity contribution is 5.92. The molecule has 4 nitrogen and oxygen atoms in total. The van der Waals surface area contributed by atoms with Crippen LogP contribution in [0.2, 0.25) is 0 Å². The number of hydrogen-bond donors (Lipinski definition) is 1. The van der Waals surface area contributed by atoms with Crippen LogP contribution in [0.25, 0.3) is 0 Å². The molecule has 0 atom stereocenters. The topological polar surface area (TPSA) is 70.3 Å². The number of rotatable bonds is 1. The fourth-order valence-corrected chi connectivity index (χ4v) is 0.929. The van der Waals surface area contributed by atoms with Crippen LogP contribution < -0.4 is 0 Å². The van der Waals surface area contributed by atoms with Crippen molar-refractivity contribution >= 4 is 5.97 Å². The van der Waals surface area contributed by atoms with Crippen LogP contribution >= 0.6 is 0 Å². The van der Waals surface area contributed by atoms with E-state index in [0.717, 1.165) is 19.2 Å². The van der Waals surface area contributed by atoms with Crippen molar-refractivity contribution < 1.29 is 19.0 Å². The molecule has 1 N–H and O–H groups in total. The van der Waals surface area contributed by atoms with E-state index in [9.17, 15) is 9.18 Å². The number of phenolic OH excluding ortho intramolecular Hbond substituents is 1. The highest BCUT2D eigenvalue weighted by Crippen LogP contribution is 2.23. The fraction of sp³-hybridized carbons (Fsp3) is 0.111. The van der Waals surface area contributed by atoms with E-state index in [1.165, 1.54) is 0 Å². The smallest absolute Gasteiger partial charge is 0.341 e. The summed E-state index contributed by atoms with van der Waals surface area (Å²) in [5, 5.41) is 17.6. The van der Waals surface area contributed by atoms with Gasteiger partial charge in [0.05, 0.1) is 18.7 Å². The van der Waals surface area contributed by atoms with E-state index >= 15 is 0 Å². The van der Waals surface area contributed by atoms with Crippen LogP contribution in [0.5, 0.6) is 5.75 Å². The van der Waals surface area contributed by atoms with Gasteiger partial charge in [0.2, 0.25) is 0 Å². The molecule has 0 radical (unpaired) electrons. The molecule has 0 aliphatic carbocycles. The Hall–Kier alpha value is -2.09. The predicted molar refractivity (Wildman–Crippen MR) is 44.1 cm³/mol. The Kier molecular flexibility index (Phi) is 2.67. The Morgan fingerprint density at radius 2 is 2.29 bits per heavy atom. The molecule has 1 aromatic carbocycles. The number of methoxy groups -OCH3 is 1. The molecule has 0 fully saturated rings. The van der Waals surface area contributed by atoms with Crippen molar-refractivity contribution in [1.29, 1.82) is 5.26 Å². The third-order valence-electron chi connectivity index (χ3n) is 1.60. The second-order valence-corrected chi connectivity index (χ2v) is 2.46. The largest absolute Gasteiger partial charge is 0.504 e. The monoisotopic (exact) mass is 195 g/mol. The number of carbonyl (C=O) groups excluding carboxylic acids is 1. The quantitative estimate of drug-likeness (QED) is 0.683. The Morgan fingerprint density at radius 3 is 2.79 bits per heavy atom. The highest BCUT2D eigenvalue weighted by atomic mass is 19.1. The van der Waals surface area contributed by atoms with Gasteiger partial charge in [0.15, 0.2) is 11.6 Å². The molecule has 0 aromatic heterocycles. The van der Waals surface area contributed by atoms with Gasteiger partial charge in [-0.1, -0.05) is 0 Å². The van der Waals surface area contributed by atoms with Gasteiger partial charge in [0.1, 0.15) is 5.56 Å². The number of halogens is 1. The lowest BCUT2D eigenvalue weighted by atomic mass is 10.1. The van der Waals surface area contributed by atoms with Crippen LogP contribution in [0.4, 0.5) is 4.39 Å². The normalized spacial score (nSPS) is 9.21. The lowest BCUT2D eigenvalue weighted by Gasteiger charge is -2.03. The maximum absolute atomic E-state index is 12.9. The first-order valence-corrected chi connectivity index (χ1v) is 3.61. The molecule has 1 rings (SSSR count). The van der Waals surface area contributed by atoms with Crippen molar-refractivity contribution in [3.63, 3.8) is 0 Å². The number of nitrogens with zero attached hydrogens (tertiary/aromatic N) is 1. The van der Waals surface area contributed by atoms with Gasteiger partial charge in [-0.25, -0.2) is 9.18 Å². The van der Waals surface area contributed by atoms with Gasteiger partial charge < -0.3 is 9.84 Å².